The summed E-state index contributed by atoms with van der Waals surface area (Å²) in [4.78, 5) is 13.7. The fraction of sp³-hybridized carbons (Fsp3) is 0.172. The van der Waals surface area contributed by atoms with E-state index in [0.29, 0.717) is 38.1 Å². The fourth-order valence-electron chi connectivity index (χ4n) is 4.64. The maximum Gasteiger partial charge on any atom is 0.272 e. The molecule has 0 saturated carbocycles. The predicted octanol–water partition coefficient (Wildman–Crippen LogP) is 6.13. The van der Waals surface area contributed by atoms with E-state index in [-0.39, 0.29) is 24.8 Å². The molecule has 0 aliphatic carbocycles. The molecule has 1 atom stereocenters. The van der Waals surface area contributed by atoms with Gasteiger partial charge in [-0.15, -0.1) is 0 Å². The van der Waals surface area contributed by atoms with Gasteiger partial charge in [0.2, 0.25) is 10.0 Å². The fourth-order valence-corrected chi connectivity index (χ4v) is 5.86. The number of hydrogen-bond acceptors (Lipinski definition) is 4. The summed E-state index contributed by atoms with van der Waals surface area (Å²) in [6.45, 7) is 1.81. The van der Waals surface area contributed by atoms with Gasteiger partial charge in [-0.05, 0) is 60.0 Å². The number of aromatic nitrogens is 2. The number of hydrogen-bond donors (Lipinski definition) is 1. The maximum absolute atomic E-state index is 13.7. The van der Waals surface area contributed by atoms with Crippen LogP contribution in [0.1, 0.15) is 45.8 Å². The number of amides is 1. The van der Waals surface area contributed by atoms with Crippen LogP contribution in [0.4, 0.5) is 4.39 Å². The van der Waals surface area contributed by atoms with E-state index in [2.05, 4.69) is 10.4 Å². The standard InChI is InChI=1S/C29H25Cl2FN4O3S/c1-18(20-6-4-3-5-7-20)33-29(37)27-24-17-35(40(2,38)39)16-21(14-19-8-11-23(32)12-9-19)28(24)36(34-27)26-13-10-22(30)15-25(26)31/h3-15,18H,16-17H2,1-2H3,(H,33,37). The van der Waals surface area contributed by atoms with Crippen molar-refractivity contribution in [3.8, 4) is 5.69 Å². The van der Waals surface area contributed by atoms with Gasteiger partial charge in [0.15, 0.2) is 5.69 Å². The van der Waals surface area contributed by atoms with Gasteiger partial charge in [-0.1, -0.05) is 65.7 Å². The van der Waals surface area contributed by atoms with Crippen LogP contribution in [0.3, 0.4) is 0 Å². The first-order valence-electron chi connectivity index (χ1n) is 12.4. The number of nitrogens with zero attached hydrogens (tertiary/aromatic N) is 3. The molecule has 0 bridgehead atoms. The molecule has 0 fully saturated rings. The van der Waals surface area contributed by atoms with Crippen molar-refractivity contribution in [2.24, 2.45) is 0 Å². The van der Waals surface area contributed by atoms with Crippen LogP contribution in [-0.4, -0.2) is 41.2 Å². The van der Waals surface area contributed by atoms with Gasteiger partial charge in [-0.25, -0.2) is 17.5 Å². The van der Waals surface area contributed by atoms with E-state index in [9.17, 15) is 17.6 Å². The van der Waals surface area contributed by atoms with Crippen molar-refractivity contribution in [2.75, 3.05) is 12.8 Å². The first-order valence-corrected chi connectivity index (χ1v) is 15.0. The van der Waals surface area contributed by atoms with Gasteiger partial charge in [0, 0.05) is 23.7 Å². The first-order chi connectivity index (χ1) is 19.0. The molecule has 11 heteroatoms. The van der Waals surface area contributed by atoms with Gasteiger partial charge in [0.1, 0.15) is 5.82 Å². The molecule has 1 aromatic heterocycles. The lowest BCUT2D eigenvalue weighted by atomic mass is 9.98. The molecule has 1 N–H and O–H groups in total. The summed E-state index contributed by atoms with van der Waals surface area (Å²) in [5.74, 6) is -0.860. The molecule has 2 heterocycles. The van der Waals surface area contributed by atoms with Gasteiger partial charge in [0.05, 0.1) is 28.7 Å². The van der Waals surface area contributed by atoms with Crippen LogP contribution in [0, 0.1) is 5.82 Å². The Labute approximate surface area is 241 Å². The number of nitrogens with one attached hydrogen (secondary N) is 1. The van der Waals surface area contributed by atoms with Crippen LogP contribution < -0.4 is 5.32 Å². The molecule has 1 amide bonds. The molecule has 7 nitrogen and oxygen atoms in total. The van der Waals surface area contributed by atoms with E-state index < -0.39 is 21.7 Å². The SMILES string of the molecule is CC(NC(=O)c1nn(-c2ccc(Cl)cc2Cl)c2c1CN(S(C)(=O)=O)CC2=Cc1ccc(F)cc1)c1ccccc1. The third-order valence-electron chi connectivity index (χ3n) is 6.65. The first kappa shape index (κ1) is 28.0. The third kappa shape index (κ3) is 5.83. The van der Waals surface area contributed by atoms with Crippen molar-refractivity contribution in [3.05, 3.63) is 117 Å². The molecule has 1 unspecified atom stereocenters. The lowest BCUT2D eigenvalue weighted by Gasteiger charge is -2.28. The number of fused-ring (bicyclic) bond motifs is 1. The predicted molar refractivity (Wildman–Crippen MR) is 155 cm³/mol. The molecule has 40 heavy (non-hydrogen) atoms. The van der Waals surface area contributed by atoms with Crippen molar-refractivity contribution in [2.45, 2.75) is 19.5 Å². The van der Waals surface area contributed by atoms with Crippen LogP contribution in [0.25, 0.3) is 17.3 Å². The molecular weight excluding hydrogens is 574 g/mol. The molecule has 4 aromatic rings. The summed E-state index contributed by atoms with van der Waals surface area (Å²) >= 11 is 12.7. The van der Waals surface area contributed by atoms with E-state index in [0.717, 1.165) is 11.8 Å². The molecule has 0 radical (unpaired) electrons. The molecule has 0 saturated heterocycles. The average molecular weight is 600 g/mol. The zero-order valence-corrected chi connectivity index (χ0v) is 23.9. The highest BCUT2D eigenvalue weighted by Gasteiger charge is 2.35. The monoisotopic (exact) mass is 598 g/mol. The van der Waals surface area contributed by atoms with Gasteiger partial charge >= 0.3 is 0 Å². The highest BCUT2D eigenvalue weighted by atomic mass is 35.5. The van der Waals surface area contributed by atoms with Crippen LogP contribution in [-0.2, 0) is 16.6 Å². The van der Waals surface area contributed by atoms with Crippen LogP contribution >= 0.6 is 23.2 Å². The highest BCUT2D eigenvalue weighted by Crippen LogP contribution is 2.36. The summed E-state index contributed by atoms with van der Waals surface area (Å²) in [7, 11) is -3.66. The van der Waals surface area contributed by atoms with E-state index in [1.165, 1.54) is 16.4 Å². The summed E-state index contributed by atoms with van der Waals surface area (Å²) in [5.41, 5.74) is 3.61. The van der Waals surface area contributed by atoms with E-state index in [1.54, 1.807) is 41.1 Å². The average Bonchev–Trinajstić information content (AvgIpc) is 3.30. The van der Waals surface area contributed by atoms with E-state index in [4.69, 9.17) is 23.2 Å². The van der Waals surface area contributed by atoms with Crippen LogP contribution in [0.15, 0.2) is 72.8 Å². The second-order valence-corrected chi connectivity index (χ2v) is 12.4. The lowest BCUT2D eigenvalue weighted by Crippen LogP contribution is -2.36. The molecular formula is C29H25Cl2FN4O3S. The second-order valence-electron chi connectivity index (χ2n) is 9.54. The van der Waals surface area contributed by atoms with Crippen LogP contribution in [0.2, 0.25) is 10.0 Å². The molecule has 0 spiro atoms. The zero-order chi connectivity index (χ0) is 28.6. The van der Waals surface area contributed by atoms with Gasteiger partial charge in [-0.3, -0.25) is 4.79 Å². The Morgan fingerprint density at radius 2 is 1.75 bits per heavy atom. The Morgan fingerprint density at radius 3 is 2.40 bits per heavy atom. The Hall–Kier alpha value is -3.50. The smallest absolute Gasteiger partial charge is 0.272 e. The van der Waals surface area contributed by atoms with Gasteiger partial charge in [-0.2, -0.15) is 9.40 Å². The van der Waals surface area contributed by atoms with Crippen molar-refractivity contribution in [1.82, 2.24) is 19.4 Å². The van der Waals surface area contributed by atoms with Gasteiger partial charge < -0.3 is 5.32 Å². The highest BCUT2D eigenvalue weighted by molar-refractivity contribution is 7.88. The lowest BCUT2D eigenvalue weighted by molar-refractivity contribution is 0.0933. The summed E-state index contributed by atoms with van der Waals surface area (Å²) in [6.07, 6.45) is 2.87. The Kier molecular flexibility index (Phi) is 7.83. The largest absolute Gasteiger partial charge is 0.344 e. The minimum atomic E-state index is -3.66. The normalized spacial score (nSPS) is 15.6. The number of halogens is 3. The molecule has 3 aromatic carbocycles. The second kappa shape index (κ2) is 11.2. The quantitative estimate of drug-likeness (QED) is 0.289. The zero-order valence-electron chi connectivity index (χ0n) is 21.6. The Bertz CT molecular complexity index is 1720. The Morgan fingerprint density at radius 1 is 1.05 bits per heavy atom. The summed E-state index contributed by atoms with van der Waals surface area (Å²) < 4.78 is 41.9. The third-order valence-corrected chi connectivity index (χ3v) is 8.38. The summed E-state index contributed by atoms with van der Waals surface area (Å²) in [5, 5.41) is 8.38. The van der Waals surface area contributed by atoms with E-state index >= 15 is 0 Å². The topological polar surface area (TPSA) is 84.3 Å². The number of carbonyl (C=O) groups excluding carboxylic acids is 1. The minimum Gasteiger partial charge on any atom is -0.344 e. The summed E-state index contributed by atoms with van der Waals surface area (Å²) in [6, 6.07) is 19.9. The Balaban J connectivity index is 1.70. The minimum absolute atomic E-state index is 0.0155. The van der Waals surface area contributed by atoms with Crippen molar-refractivity contribution < 1.29 is 17.6 Å². The van der Waals surface area contributed by atoms with Crippen molar-refractivity contribution in [1.29, 1.82) is 0 Å². The molecule has 206 valence electrons. The number of benzene rings is 3. The number of sulfonamides is 1. The number of rotatable bonds is 6. The molecule has 1 aliphatic heterocycles. The van der Waals surface area contributed by atoms with Crippen molar-refractivity contribution >= 4 is 50.8 Å². The molecule has 5 rings (SSSR count). The van der Waals surface area contributed by atoms with Gasteiger partial charge in [0.25, 0.3) is 5.91 Å². The molecule has 1 aliphatic rings. The maximum atomic E-state index is 13.7. The number of carbonyl (C=O) groups is 1. The van der Waals surface area contributed by atoms with Crippen molar-refractivity contribution in [3.63, 3.8) is 0 Å². The van der Waals surface area contributed by atoms with E-state index in [1.807, 2.05) is 37.3 Å². The van der Waals surface area contributed by atoms with Crippen LogP contribution in [0.5, 0.6) is 0 Å².